The normalized spacial score (nSPS) is 27.5. The Kier molecular flexibility index (Phi) is 5.51. The van der Waals surface area contributed by atoms with Crippen LogP contribution in [0.4, 0.5) is 0 Å². The van der Waals surface area contributed by atoms with Crippen molar-refractivity contribution in [3.8, 4) is 0 Å². The maximum atomic E-state index is 8.51. The fourth-order valence-corrected chi connectivity index (χ4v) is 1.96. The molecule has 0 unspecified atom stereocenters. The molecule has 1 aliphatic rings. The van der Waals surface area contributed by atoms with Crippen molar-refractivity contribution in [1.29, 1.82) is 0 Å². The van der Waals surface area contributed by atoms with Crippen molar-refractivity contribution in [2.45, 2.75) is 26.1 Å². The van der Waals surface area contributed by atoms with E-state index in [1.807, 2.05) is 13.8 Å². The molecule has 6 heteroatoms. The van der Waals surface area contributed by atoms with Gasteiger partial charge in [-0.15, -0.1) is 0 Å². The first-order chi connectivity index (χ1) is 7.71. The summed E-state index contributed by atoms with van der Waals surface area (Å²) in [5.74, 6) is 0.215. The summed E-state index contributed by atoms with van der Waals surface area (Å²) >= 11 is 0. The first kappa shape index (κ1) is 13.2. The van der Waals surface area contributed by atoms with E-state index in [4.69, 9.17) is 20.4 Å². The third-order valence-corrected chi connectivity index (χ3v) is 2.57. The Morgan fingerprint density at radius 2 is 1.81 bits per heavy atom. The van der Waals surface area contributed by atoms with Gasteiger partial charge in [-0.2, -0.15) is 0 Å². The van der Waals surface area contributed by atoms with Gasteiger partial charge in [0.1, 0.15) is 0 Å². The molecule has 0 spiro atoms. The number of likely N-dealkylation sites (tertiary alicyclic amines) is 1. The maximum absolute atomic E-state index is 8.51. The number of hydrogen-bond acceptors (Lipinski definition) is 5. The van der Waals surface area contributed by atoms with Crippen LogP contribution in [0.5, 0.6) is 0 Å². The van der Waals surface area contributed by atoms with Crippen LogP contribution in [0.3, 0.4) is 0 Å². The van der Waals surface area contributed by atoms with Crippen LogP contribution in [0, 0.1) is 0 Å². The molecule has 16 heavy (non-hydrogen) atoms. The zero-order chi connectivity index (χ0) is 12.0. The zero-order valence-electron chi connectivity index (χ0n) is 9.93. The van der Waals surface area contributed by atoms with Crippen molar-refractivity contribution in [3.05, 3.63) is 0 Å². The molecule has 0 amide bonds. The highest BCUT2D eigenvalue weighted by Gasteiger charge is 2.33. The molecular formula is C10H21N3O3. The van der Waals surface area contributed by atoms with Crippen LogP contribution >= 0.6 is 0 Å². The van der Waals surface area contributed by atoms with E-state index in [1.54, 1.807) is 0 Å². The van der Waals surface area contributed by atoms with Gasteiger partial charge in [-0.25, -0.2) is 0 Å². The largest absolute Gasteiger partial charge is 0.409 e. The van der Waals surface area contributed by atoms with Gasteiger partial charge >= 0.3 is 0 Å². The van der Waals surface area contributed by atoms with Gasteiger partial charge in [0, 0.05) is 26.3 Å². The van der Waals surface area contributed by atoms with E-state index in [1.165, 1.54) is 0 Å². The number of ether oxygens (including phenoxy) is 2. The molecule has 0 aromatic carbocycles. The summed E-state index contributed by atoms with van der Waals surface area (Å²) in [6, 6.07) is 0. The average molecular weight is 231 g/mol. The molecule has 2 atom stereocenters. The molecule has 94 valence electrons. The van der Waals surface area contributed by atoms with Crippen LogP contribution in [0.2, 0.25) is 0 Å². The Morgan fingerprint density at radius 3 is 2.19 bits per heavy atom. The minimum atomic E-state index is 0.0800. The van der Waals surface area contributed by atoms with Gasteiger partial charge in [0.2, 0.25) is 0 Å². The summed E-state index contributed by atoms with van der Waals surface area (Å²) in [6.07, 6.45) is 0.160. The van der Waals surface area contributed by atoms with Crippen LogP contribution in [0.1, 0.15) is 13.8 Å². The molecule has 1 fully saturated rings. The highest BCUT2D eigenvalue weighted by atomic mass is 16.5. The molecule has 0 aromatic rings. The summed E-state index contributed by atoms with van der Waals surface area (Å²) in [4.78, 5) is 2.07. The van der Waals surface area contributed by atoms with Crippen molar-refractivity contribution in [1.82, 2.24) is 4.90 Å². The van der Waals surface area contributed by atoms with Crippen LogP contribution in [-0.2, 0) is 9.47 Å². The molecule has 1 saturated heterocycles. The maximum Gasteiger partial charge on any atom is 0.153 e. The fraction of sp³-hybridized carbons (Fsp3) is 0.900. The van der Waals surface area contributed by atoms with E-state index in [0.717, 1.165) is 13.1 Å². The molecule has 6 nitrogen and oxygen atoms in total. The van der Waals surface area contributed by atoms with Gasteiger partial charge < -0.3 is 20.4 Å². The second-order valence-electron chi connectivity index (χ2n) is 3.77. The smallest absolute Gasteiger partial charge is 0.153 e. The first-order valence-electron chi connectivity index (χ1n) is 5.63. The average Bonchev–Trinajstić information content (AvgIpc) is 2.62. The van der Waals surface area contributed by atoms with E-state index in [9.17, 15) is 0 Å². The third-order valence-electron chi connectivity index (χ3n) is 2.57. The second-order valence-corrected chi connectivity index (χ2v) is 3.77. The van der Waals surface area contributed by atoms with E-state index >= 15 is 0 Å². The Hall–Kier alpha value is -0.850. The van der Waals surface area contributed by atoms with E-state index in [2.05, 4.69) is 10.1 Å². The highest BCUT2D eigenvalue weighted by Crippen LogP contribution is 2.16. The minimum absolute atomic E-state index is 0.0800. The van der Waals surface area contributed by atoms with Crippen molar-refractivity contribution < 1.29 is 14.7 Å². The number of nitrogens with zero attached hydrogens (tertiary/aromatic N) is 2. The molecule has 3 N–H and O–H groups in total. The third kappa shape index (κ3) is 3.62. The van der Waals surface area contributed by atoms with E-state index in [0.29, 0.717) is 19.8 Å². The number of oxime groups is 1. The first-order valence-corrected chi connectivity index (χ1v) is 5.63. The van der Waals surface area contributed by atoms with Gasteiger partial charge in [-0.1, -0.05) is 5.16 Å². The van der Waals surface area contributed by atoms with Crippen LogP contribution in [-0.4, -0.2) is 61.0 Å². The lowest BCUT2D eigenvalue weighted by Crippen LogP contribution is -2.33. The molecule has 0 bridgehead atoms. The molecule has 0 saturated carbocycles. The Labute approximate surface area is 96.0 Å². The van der Waals surface area contributed by atoms with Gasteiger partial charge in [-0.05, 0) is 13.8 Å². The van der Waals surface area contributed by atoms with Crippen LogP contribution in [0.25, 0.3) is 0 Å². The summed E-state index contributed by atoms with van der Waals surface area (Å²) in [5, 5.41) is 11.5. The fourth-order valence-electron chi connectivity index (χ4n) is 1.96. The zero-order valence-corrected chi connectivity index (χ0v) is 9.93. The van der Waals surface area contributed by atoms with Crippen molar-refractivity contribution in [2.75, 3.05) is 32.8 Å². The van der Waals surface area contributed by atoms with Crippen LogP contribution < -0.4 is 5.73 Å². The standard InChI is InChI=1S/C10H21N3O3/c1-3-15-8-5-13(7-10(11)12-14)6-9(8)16-4-2/h8-9,14H,3-7H2,1-2H3,(H2,11,12)/t8-,9-/m1/s1. The van der Waals surface area contributed by atoms with Gasteiger partial charge in [0.15, 0.2) is 5.84 Å². The van der Waals surface area contributed by atoms with Crippen molar-refractivity contribution in [3.63, 3.8) is 0 Å². The molecule has 0 radical (unpaired) electrons. The quantitative estimate of drug-likeness (QED) is 0.288. The molecule has 1 heterocycles. The predicted octanol–water partition coefficient (Wildman–Crippen LogP) is -0.141. The SMILES string of the molecule is CCO[C@@H]1CN(CC(N)=NO)C[C@H]1OCC. The lowest BCUT2D eigenvalue weighted by molar-refractivity contribution is -0.0388. The Bertz CT molecular complexity index is 221. The molecule has 1 aliphatic heterocycles. The highest BCUT2D eigenvalue weighted by molar-refractivity contribution is 5.81. The predicted molar refractivity (Wildman–Crippen MR) is 60.7 cm³/mol. The monoisotopic (exact) mass is 231 g/mol. The second kappa shape index (κ2) is 6.67. The molecule has 1 rings (SSSR count). The lowest BCUT2D eigenvalue weighted by Gasteiger charge is -2.17. The molecule has 0 aliphatic carbocycles. The summed E-state index contributed by atoms with van der Waals surface area (Å²) in [5.41, 5.74) is 5.47. The summed E-state index contributed by atoms with van der Waals surface area (Å²) < 4.78 is 11.2. The van der Waals surface area contributed by atoms with E-state index in [-0.39, 0.29) is 18.0 Å². The molecule has 0 aromatic heterocycles. The lowest BCUT2D eigenvalue weighted by atomic mass is 10.2. The van der Waals surface area contributed by atoms with Crippen LogP contribution in [0.15, 0.2) is 5.16 Å². The summed E-state index contributed by atoms with van der Waals surface area (Å²) in [6.45, 7) is 7.24. The number of nitrogens with two attached hydrogens (primary N) is 1. The summed E-state index contributed by atoms with van der Waals surface area (Å²) in [7, 11) is 0. The number of amidine groups is 1. The van der Waals surface area contributed by atoms with Gasteiger partial charge in [0.25, 0.3) is 0 Å². The van der Waals surface area contributed by atoms with Gasteiger partial charge in [0.05, 0.1) is 18.8 Å². The Balaban J connectivity index is 2.47. The number of rotatable bonds is 6. The minimum Gasteiger partial charge on any atom is -0.409 e. The van der Waals surface area contributed by atoms with Crippen molar-refractivity contribution in [2.24, 2.45) is 10.9 Å². The van der Waals surface area contributed by atoms with E-state index < -0.39 is 0 Å². The number of hydrogen-bond donors (Lipinski definition) is 2. The molecular weight excluding hydrogens is 210 g/mol. The Morgan fingerprint density at radius 1 is 1.31 bits per heavy atom. The van der Waals surface area contributed by atoms with Crippen molar-refractivity contribution >= 4 is 5.84 Å². The topological polar surface area (TPSA) is 80.3 Å². The van der Waals surface area contributed by atoms with Gasteiger partial charge in [-0.3, -0.25) is 4.90 Å².